The third-order valence-corrected chi connectivity index (χ3v) is 4.20. The number of rotatable bonds is 2. The molecule has 0 amide bonds. The summed E-state index contributed by atoms with van der Waals surface area (Å²) in [6.07, 6.45) is 0.512. The molecule has 0 bridgehead atoms. The molecule has 0 spiro atoms. The van der Waals surface area contributed by atoms with Crippen LogP contribution in [-0.4, -0.2) is 22.7 Å². The van der Waals surface area contributed by atoms with Gasteiger partial charge in [0.15, 0.2) is 0 Å². The van der Waals surface area contributed by atoms with Crippen molar-refractivity contribution in [2.45, 2.75) is 19.4 Å². The van der Waals surface area contributed by atoms with Crippen molar-refractivity contribution in [2.24, 2.45) is 5.92 Å². The Morgan fingerprint density at radius 2 is 2.24 bits per heavy atom. The number of nitrogens with one attached hydrogen (secondary N) is 1. The molecule has 1 aliphatic heterocycles. The zero-order valence-corrected chi connectivity index (χ0v) is 11.0. The molecule has 1 heterocycles. The smallest absolute Gasteiger partial charge is 0.307 e. The number of phenolic OH excluding ortho intramolecular Hbond substituents is 1. The molecule has 1 aliphatic rings. The lowest BCUT2D eigenvalue weighted by Gasteiger charge is -2.14. The average molecular weight is 300 g/mol. The van der Waals surface area contributed by atoms with E-state index in [9.17, 15) is 9.90 Å². The summed E-state index contributed by atoms with van der Waals surface area (Å²) in [4.78, 5) is 10.9. The number of carboxylic acid groups (broad SMARTS) is 1. The molecule has 0 saturated carbocycles. The van der Waals surface area contributed by atoms with E-state index in [2.05, 4.69) is 21.2 Å². The summed E-state index contributed by atoms with van der Waals surface area (Å²) < 4.78 is 0.676. The number of aryl methyl sites for hydroxylation is 1. The number of hydrogen-bond acceptors (Lipinski definition) is 3. The zero-order chi connectivity index (χ0) is 12.6. The van der Waals surface area contributed by atoms with Crippen LogP contribution in [0.15, 0.2) is 16.6 Å². The van der Waals surface area contributed by atoms with E-state index in [0.717, 1.165) is 11.1 Å². The Kier molecular flexibility index (Phi) is 3.40. The predicted octanol–water partition coefficient (Wildman–Crippen LogP) is 2.20. The first kappa shape index (κ1) is 12.4. The highest BCUT2D eigenvalue weighted by atomic mass is 79.9. The van der Waals surface area contributed by atoms with Crippen LogP contribution in [0.3, 0.4) is 0 Å². The van der Waals surface area contributed by atoms with Crippen LogP contribution in [0.25, 0.3) is 0 Å². The van der Waals surface area contributed by atoms with Crippen molar-refractivity contribution in [1.29, 1.82) is 0 Å². The molecule has 0 aromatic heterocycles. The Morgan fingerprint density at radius 3 is 2.82 bits per heavy atom. The Labute approximate surface area is 108 Å². The van der Waals surface area contributed by atoms with E-state index in [1.54, 1.807) is 0 Å². The summed E-state index contributed by atoms with van der Waals surface area (Å²) in [5.74, 6) is -0.960. The highest BCUT2D eigenvalue weighted by molar-refractivity contribution is 9.10. The largest absolute Gasteiger partial charge is 0.506 e. The van der Waals surface area contributed by atoms with Gasteiger partial charge in [0.2, 0.25) is 0 Å². The maximum absolute atomic E-state index is 10.9. The lowest BCUT2D eigenvalue weighted by Crippen LogP contribution is -2.17. The highest BCUT2D eigenvalue weighted by Crippen LogP contribution is 2.38. The molecular weight excluding hydrogens is 286 g/mol. The Balaban J connectivity index is 2.25. The summed E-state index contributed by atoms with van der Waals surface area (Å²) >= 11 is 3.33. The van der Waals surface area contributed by atoms with Crippen molar-refractivity contribution in [2.75, 3.05) is 6.54 Å². The molecular formula is C12H14BrNO3. The van der Waals surface area contributed by atoms with Crippen molar-refractivity contribution in [3.63, 3.8) is 0 Å². The van der Waals surface area contributed by atoms with Crippen LogP contribution in [0, 0.1) is 12.8 Å². The number of aromatic hydroxyl groups is 1. The van der Waals surface area contributed by atoms with Gasteiger partial charge in [-0.05, 0) is 34.8 Å². The Bertz CT molecular complexity index is 461. The summed E-state index contributed by atoms with van der Waals surface area (Å²) in [5.41, 5.74) is 1.71. The van der Waals surface area contributed by atoms with Crippen LogP contribution in [0.2, 0.25) is 0 Å². The summed E-state index contributed by atoms with van der Waals surface area (Å²) in [6, 6.07) is 3.67. The SMILES string of the molecule is Cc1ccc(C2CC(C(=O)O)CN2)c(O)c1Br. The number of aliphatic carboxylic acids is 1. The van der Waals surface area contributed by atoms with Gasteiger partial charge in [0.25, 0.3) is 0 Å². The quantitative estimate of drug-likeness (QED) is 0.783. The number of halogens is 1. The second kappa shape index (κ2) is 4.66. The number of benzene rings is 1. The Hall–Kier alpha value is -1.07. The topological polar surface area (TPSA) is 69.6 Å². The van der Waals surface area contributed by atoms with Gasteiger partial charge in [-0.15, -0.1) is 0 Å². The monoisotopic (exact) mass is 299 g/mol. The maximum atomic E-state index is 10.9. The van der Waals surface area contributed by atoms with E-state index < -0.39 is 5.97 Å². The van der Waals surface area contributed by atoms with Gasteiger partial charge >= 0.3 is 5.97 Å². The van der Waals surface area contributed by atoms with E-state index in [1.165, 1.54) is 0 Å². The first-order valence-electron chi connectivity index (χ1n) is 5.45. The van der Waals surface area contributed by atoms with Crippen LogP contribution < -0.4 is 5.32 Å². The number of carbonyl (C=O) groups is 1. The van der Waals surface area contributed by atoms with Crippen LogP contribution in [0.5, 0.6) is 5.75 Å². The second-order valence-corrected chi connectivity index (χ2v) is 5.16. The number of carboxylic acids is 1. The zero-order valence-electron chi connectivity index (χ0n) is 9.40. The van der Waals surface area contributed by atoms with E-state index in [0.29, 0.717) is 17.4 Å². The molecule has 5 heteroatoms. The molecule has 1 fully saturated rings. The van der Waals surface area contributed by atoms with Crippen LogP contribution in [0.4, 0.5) is 0 Å². The summed E-state index contributed by atoms with van der Waals surface area (Å²) in [7, 11) is 0. The van der Waals surface area contributed by atoms with Gasteiger partial charge in [0.05, 0.1) is 10.4 Å². The van der Waals surface area contributed by atoms with Crippen molar-refractivity contribution < 1.29 is 15.0 Å². The molecule has 1 saturated heterocycles. The normalized spacial score (nSPS) is 23.9. The minimum atomic E-state index is -0.786. The van der Waals surface area contributed by atoms with Gasteiger partial charge in [0, 0.05) is 18.2 Å². The maximum Gasteiger partial charge on any atom is 0.307 e. The molecule has 0 radical (unpaired) electrons. The fourth-order valence-corrected chi connectivity index (χ4v) is 2.48. The fraction of sp³-hybridized carbons (Fsp3) is 0.417. The number of phenols is 1. The molecule has 1 aromatic carbocycles. The first-order chi connectivity index (χ1) is 8.00. The van der Waals surface area contributed by atoms with E-state index in [-0.39, 0.29) is 17.7 Å². The van der Waals surface area contributed by atoms with Gasteiger partial charge in [-0.1, -0.05) is 12.1 Å². The van der Waals surface area contributed by atoms with Gasteiger partial charge in [-0.2, -0.15) is 0 Å². The van der Waals surface area contributed by atoms with Gasteiger partial charge in [-0.3, -0.25) is 4.79 Å². The third-order valence-electron chi connectivity index (χ3n) is 3.20. The van der Waals surface area contributed by atoms with Gasteiger partial charge in [0.1, 0.15) is 5.75 Å². The third kappa shape index (κ3) is 2.30. The molecule has 2 rings (SSSR count). The second-order valence-electron chi connectivity index (χ2n) is 4.37. The lowest BCUT2D eigenvalue weighted by molar-refractivity contribution is -0.141. The van der Waals surface area contributed by atoms with Crippen molar-refractivity contribution in [3.8, 4) is 5.75 Å². The van der Waals surface area contributed by atoms with Crippen molar-refractivity contribution in [1.82, 2.24) is 5.32 Å². The molecule has 3 N–H and O–H groups in total. The van der Waals surface area contributed by atoms with Crippen LogP contribution in [0.1, 0.15) is 23.6 Å². The van der Waals surface area contributed by atoms with Crippen molar-refractivity contribution in [3.05, 3.63) is 27.7 Å². The minimum absolute atomic E-state index is 0.0898. The molecule has 92 valence electrons. The molecule has 0 aliphatic carbocycles. The average Bonchev–Trinajstić information content (AvgIpc) is 2.75. The van der Waals surface area contributed by atoms with E-state index >= 15 is 0 Å². The molecule has 17 heavy (non-hydrogen) atoms. The van der Waals surface area contributed by atoms with Crippen LogP contribution >= 0.6 is 15.9 Å². The highest BCUT2D eigenvalue weighted by Gasteiger charge is 2.31. The van der Waals surface area contributed by atoms with Crippen LogP contribution in [-0.2, 0) is 4.79 Å². The molecule has 2 atom stereocenters. The van der Waals surface area contributed by atoms with Gasteiger partial charge < -0.3 is 15.5 Å². The lowest BCUT2D eigenvalue weighted by atomic mass is 9.98. The summed E-state index contributed by atoms with van der Waals surface area (Å²) in [5, 5.41) is 22.1. The molecule has 2 unspecified atom stereocenters. The fourth-order valence-electron chi connectivity index (χ4n) is 2.12. The Morgan fingerprint density at radius 1 is 1.53 bits per heavy atom. The molecule has 1 aromatic rings. The summed E-state index contributed by atoms with van der Waals surface area (Å²) in [6.45, 7) is 2.35. The van der Waals surface area contributed by atoms with E-state index in [1.807, 2.05) is 19.1 Å². The molecule has 4 nitrogen and oxygen atoms in total. The number of hydrogen-bond donors (Lipinski definition) is 3. The van der Waals surface area contributed by atoms with Gasteiger partial charge in [-0.25, -0.2) is 0 Å². The first-order valence-corrected chi connectivity index (χ1v) is 6.24. The standard InChI is InChI=1S/C12H14BrNO3/c1-6-2-3-8(11(15)10(6)13)9-4-7(5-14-9)12(16)17/h2-3,7,9,14-15H,4-5H2,1H3,(H,16,17). The minimum Gasteiger partial charge on any atom is -0.506 e. The van der Waals surface area contributed by atoms with E-state index in [4.69, 9.17) is 5.11 Å². The predicted molar refractivity (Wildman–Crippen MR) is 67.0 cm³/mol. The van der Waals surface area contributed by atoms with Crippen molar-refractivity contribution >= 4 is 21.9 Å².